The van der Waals surface area contributed by atoms with Gasteiger partial charge in [0.25, 0.3) is 0 Å². The van der Waals surface area contributed by atoms with Gasteiger partial charge in [0, 0.05) is 31.6 Å². The van der Waals surface area contributed by atoms with Gasteiger partial charge in [-0.25, -0.2) is 18.0 Å². The zero-order valence-electron chi connectivity index (χ0n) is 29.3. The SMILES string of the molecule is CC(C)(CCNC(=O)OC1COCOC1)CN(C[C@@H](O)[C@H](Cc1ccccc1)N(C(=O)O)[C@H]1CO[C@H]2OCC[C@H]21)S(=O)(=O)c1ccc2c(c1)OCO2. The lowest BCUT2D eigenvalue weighted by Gasteiger charge is -2.40. The Hall–Kier alpha value is -3.71. The van der Waals surface area contributed by atoms with E-state index in [-0.39, 0.29) is 69.5 Å². The number of sulfonamides is 1. The number of rotatable bonds is 15. The number of carboxylic acid groups (broad SMARTS) is 1. The Balaban J connectivity index is 1.25. The molecule has 4 aliphatic rings. The number of alkyl carbamates (subject to hydrolysis) is 1. The Morgan fingerprint density at radius 1 is 1.02 bits per heavy atom. The molecule has 2 aromatic carbocycles. The van der Waals surface area contributed by atoms with Gasteiger partial charge in [0.05, 0.1) is 49.5 Å². The van der Waals surface area contributed by atoms with Crippen LogP contribution in [0.4, 0.5) is 9.59 Å². The average Bonchev–Trinajstić information content (AvgIpc) is 3.87. The van der Waals surface area contributed by atoms with Crippen LogP contribution >= 0.6 is 0 Å². The van der Waals surface area contributed by atoms with Crippen LogP contribution in [0.15, 0.2) is 53.4 Å². The highest BCUT2D eigenvalue weighted by atomic mass is 32.2. The van der Waals surface area contributed by atoms with E-state index in [1.807, 2.05) is 44.2 Å². The maximum absolute atomic E-state index is 14.5. The number of carbonyl (C=O) groups is 2. The molecular formula is C35H47N3O13S. The molecule has 6 rings (SSSR count). The molecule has 0 aromatic heterocycles. The first-order chi connectivity index (χ1) is 24.9. The second-order valence-corrected chi connectivity index (χ2v) is 16.1. The van der Waals surface area contributed by atoms with Crippen molar-refractivity contribution in [2.75, 3.05) is 59.6 Å². The lowest BCUT2D eigenvalue weighted by molar-refractivity contribution is -0.151. The second-order valence-electron chi connectivity index (χ2n) is 14.1. The first kappa shape index (κ1) is 38.0. The molecule has 4 aliphatic heterocycles. The number of ether oxygens (including phenoxy) is 7. The summed E-state index contributed by atoms with van der Waals surface area (Å²) in [5.74, 6) is 0.445. The van der Waals surface area contributed by atoms with Crippen LogP contribution in [0.5, 0.6) is 11.5 Å². The maximum Gasteiger partial charge on any atom is 0.407 e. The summed E-state index contributed by atoms with van der Waals surface area (Å²) >= 11 is 0. The van der Waals surface area contributed by atoms with Crippen LogP contribution < -0.4 is 14.8 Å². The van der Waals surface area contributed by atoms with E-state index in [1.165, 1.54) is 27.4 Å². The number of aliphatic hydroxyl groups is 1. The normalized spacial score (nSPS) is 22.9. The van der Waals surface area contributed by atoms with Gasteiger partial charge >= 0.3 is 12.2 Å². The van der Waals surface area contributed by atoms with E-state index in [4.69, 9.17) is 33.2 Å². The third kappa shape index (κ3) is 9.07. The number of nitrogens with one attached hydrogen (secondary N) is 1. The summed E-state index contributed by atoms with van der Waals surface area (Å²) in [6, 6.07) is 11.8. The Kier molecular flexibility index (Phi) is 12.1. The molecule has 0 spiro atoms. The van der Waals surface area contributed by atoms with Crippen molar-refractivity contribution < 1.29 is 61.4 Å². The molecule has 0 unspecified atom stereocenters. The molecule has 0 bridgehead atoms. The summed E-state index contributed by atoms with van der Waals surface area (Å²) in [6.45, 7) is 4.39. The van der Waals surface area contributed by atoms with Crippen LogP contribution in [-0.4, -0.2) is 130 Å². The maximum atomic E-state index is 14.5. The predicted octanol–water partition coefficient (Wildman–Crippen LogP) is 2.64. The Labute approximate surface area is 302 Å². The van der Waals surface area contributed by atoms with Gasteiger partial charge in [-0.2, -0.15) is 4.31 Å². The quantitative estimate of drug-likeness (QED) is 0.241. The number of amides is 2. The molecule has 3 saturated heterocycles. The first-order valence-corrected chi connectivity index (χ1v) is 18.8. The topological polar surface area (TPSA) is 192 Å². The number of carbonyl (C=O) groups excluding carboxylic acids is 1. The largest absolute Gasteiger partial charge is 0.465 e. The highest BCUT2D eigenvalue weighted by molar-refractivity contribution is 7.89. The van der Waals surface area contributed by atoms with Crippen LogP contribution in [-0.2, 0) is 40.1 Å². The van der Waals surface area contributed by atoms with Crippen molar-refractivity contribution in [1.82, 2.24) is 14.5 Å². The summed E-state index contributed by atoms with van der Waals surface area (Å²) in [4.78, 5) is 26.6. The lowest BCUT2D eigenvalue weighted by Crippen LogP contribution is -2.58. The third-order valence-corrected chi connectivity index (χ3v) is 11.6. The van der Waals surface area contributed by atoms with Gasteiger partial charge in [-0.05, 0) is 42.4 Å². The molecule has 2 amide bonds. The van der Waals surface area contributed by atoms with E-state index in [0.717, 1.165) is 5.56 Å². The zero-order valence-corrected chi connectivity index (χ0v) is 30.1. The van der Waals surface area contributed by atoms with Crippen LogP contribution in [0, 0.1) is 11.3 Å². The van der Waals surface area contributed by atoms with Crippen LogP contribution in [0.1, 0.15) is 32.3 Å². The van der Waals surface area contributed by atoms with Crippen molar-refractivity contribution in [2.45, 2.75) is 68.6 Å². The van der Waals surface area contributed by atoms with Crippen molar-refractivity contribution in [3.05, 3.63) is 54.1 Å². The minimum Gasteiger partial charge on any atom is -0.465 e. The summed E-state index contributed by atoms with van der Waals surface area (Å²) in [6.07, 6.45) is -3.41. The second kappa shape index (κ2) is 16.5. The zero-order chi connectivity index (χ0) is 36.9. The number of hydrogen-bond donors (Lipinski definition) is 3. The summed E-state index contributed by atoms with van der Waals surface area (Å²) < 4.78 is 68.1. The number of fused-ring (bicyclic) bond motifs is 2. The van der Waals surface area contributed by atoms with E-state index in [2.05, 4.69) is 5.32 Å². The van der Waals surface area contributed by atoms with Crippen molar-refractivity contribution in [3.8, 4) is 11.5 Å². The van der Waals surface area contributed by atoms with E-state index in [0.29, 0.717) is 25.2 Å². The van der Waals surface area contributed by atoms with E-state index >= 15 is 0 Å². The van der Waals surface area contributed by atoms with E-state index in [1.54, 1.807) is 0 Å². The fraction of sp³-hybridized carbons (Fsp3) is 0.600. The lowest BCUT2D eigenvalue weighted by atomic mass is 9.89. The minimum absolute atomic E-state index is 0.0471. The van der Waals surface area contributed by atoms with E-state index < -0.39 is 64.8 Å². The molecule has 0 radical (unpaired) electrons. The van der Waals surface area contributed by atoms with Crippen molar-refractivity contribution in [2.24, 2.45) is 11.3 Å². The molecule has 5 atom stereocenters. The van der Waals surface area contributed by atoms with Gasteiger partial charge in [0.15, 0.2) is 23.9 Å². The molecule has 52 heavy (non-hydrogen) atoms. The fourth-order valence-corrected chi connectivity index (χ4v) is 8.75. The molecule has 16 nitrogen and oxygen atoms in total. The molecule has 2 aromatic rings. The van der Waals surface area contributed by atoms with Crippen LogP contribution in [0.2, 0.25) is 0 Å². The minimum atomic E-state index is -4.31. The average molecular weight is 750 g/mol. The smallest absolute Gasteiger partial charge is 0.407 e. The van der Waals surface area contributed by atoms with Crippen LogP contribution in [0.25, 0.3) is 0 Å². The summed E-state index contributed by atoms with van der Waals surface area (Å²) in [5, 5.41) is 25.5. The molecule has 3 fully saturated rings. The van der Waals surface area contributed by atoms with Crippen molar-refractivity contribution in [3.63, 3.8) is 0 Å². The molecule has 0 saturated carbocycles. The third-order valence-electron chi connectivity index (χ3n) is 9.77. The standard InChI is InChI=1S/C35H47N3O13S/c1-35(2,11-12-36-33(40)51-24-17-45-21-46-18-24)20-37(52(43,44)25-8-9-30-31(15-25)50-22-49-30)16-29(39)27(14-23-6-4-3-5-7-23)38(34(41)42)28-19-48-32-26(28)10-13-47-32/h3-9,15,24,26-29,32,39H,10-14,16-22H2,1-2H3,(H,36,40)(H,41,42)/t26-,27-,28-,29+,32+/m0/s1. The predicted molar refractivity (Wildman–Crippen MR) is 182 cm³/mol. The Bertz CT molecular complexity index is 1640. The van der Waals surface area contributed by atoms with Gasteiger partial charge in [-0.1, -0.05) is 44.2 Å². The number of aliphatic hydroxyl groups excluding tert-OH is 1. The molecule has 0 aliphatic carbocycles. The molecule has 17 heteroatoms. The number of nitrogens with zero attached hydrogens (tertiary/aromatic N) is 2. The van der Waals surface area contributed by atoms with Gasteiger partial charge in [0.1, 0.15) is 6.79 Å². The highest BCUT2D eigenvalue weighted by Crippen LogP contribution is 2.38. The summed E-state index contributed by atoms with van der Waals surface area (Å²) in [7, 11) is -4.31. The van der Waals surface area contributed by atoms with Crippen molar-refractivity contribution in [1.29, 1.82) is 0 Å². The van der Waals surface area contributed by atoms with Gasteiger partial charge in [-0.3, -0.25) is 4.90 Å². The van der Waals surface area contributed by atoms with Gasteiger partial charge in [0.2, 0.25) is 16.8 Å². The Morgan fingerprint density at radius 2 is 1.77 bits per heavy atom. The summed E-state index contributed by atoms with van der Waals surface area (Å²) in [5.41, 5.74) is 0.0218. The highest BCUT2D eigenvalue weighted by Gasteiger charge is 2.49. The molecule has 4 heterocycles. The van der Waals surface area contributed by atoms with Crippen molar-refractivity contribution >= 4 is 22.2 Å². The van der Waals surface area contributed by atoms with Gasteiger partial charge < -0.3 is 48.7 Å². The molecular weight excluding hydrogens is 702 g/mol. The van der Waals surface area contributed by atoms with Gasteiger partial charge in [-0.15, -0.1) is 0 Å². The van der Waals surface area contributed by atoms with Crippen LogP contribution in [0.3, 0.4) is 0 Å². The first-order valence-electron chi connectivity index (χ1n) is 17.4. The number of benzene rings is 2. The monoisotopic (exact) mass is 749 g/mol. The Morgan fingerprint density at radius 3 is 2.52 bits per heavy atom. The molecule has 286 valence electrons. The van der Waals surface area contributed by atoms with E-state index in [9.17, 15) is 28.2 Å². The fourth-order valence-electron chi connectivity index (χ4n) is 7.09. The molecule has 3 N–H and O–H groups in total. The number of hydrogen-bond acceptors (Lipinski definition) is 12.